The molecule has 1 rings (SSSR count). The van der Waals surface area contributed by atoms with Gasteiger partial charge in [0.1, 0.15) is 11.6 Å². The number of hydrogen-bond acceptors (Lipinski definition) is 3. The van der Waals surface area contributed by atoms with Crippen molar-refractivity contribution in [2.24, 2.45) is 5.92 Å². The predicted octanol–water partition coefficient (Wildman–Crippen LogP) is 4.53. The maximum atomic E-state index is 11.8. The molecule has 0 N–H and O–H groups in total. The minimum absolute atomic E-state index is 0.280. The standard InChI is InChI=1S/C17H27NO2/c1-3-5-6-7-8-10-14-11-9-12-15(14)16(13-18)17(19)20-4-2/h14H,3-12H2,1-2H3. The predicted molar refractivity (Wildman–Crippen MR) is 80.0 cm³/mol. The second kappa shape index (κ2) is 9.58. The fourth-order valence-electron chi connectivity index (χ4n) is 3.01. The molecule has 112 valence electrons. The molecule has 0 amide bonds. The molecule has 1 aliphatic rings. The zero-order chi connectivity index (χ0) is 14.8. The highest BCUT2D eigenvalue weighted by Gasteiger charge is 2.27. The summed E-state index contributed by atoms with van der Waals surface area (Å²) in [5.74, 6) is -0.00133. The van der Waals surface area contributed by atoms with Crippen molar-refractivity contribution in [3.63, 3.8) is 0 Å². The Kier molecular flexibility index (Phi) is 8.02. The zero-order valence-electron chi connectivity index (χ0n) is 12.9. The third-order valence-electron chi connectivity index (χ3n) is 4.06. The molecule has 0 spiro atoms. The maximum Gasteiger partial charge on any atom is 0.348 e. The van der Waals surface area contributed by atoms with E-state index < -0.39 is 5.97 Å². The van der Waals surface area contributed by atoms with Gasteiger partial charge in [-0.15, -0.1) is 0 Å². The monoisotopic (exact) mass is 277 g/mol. The van der Waals surface area contributed by atoms with E-state index in [-0.39, 0.29) is 5.57 Å². The van der Waals surface area contributed by atoms with Gasteiger partial charge in [0, 0.05) is 0 Å². The van der Waals surface area contributed by atoms with E-state index in [9.17, 15) is 10.1 Å². The van der Waals surface area contributed by atoms with Gasteiger partial charge in [-0.3, -0.25) is 0 Å². The van der Waals surface area contributed by atoms with Gasteiger partial charge in [0.25, 0.3) is 0 Å². The molecule has 1 unspecified atom stereocenters. The lowest BCUT2D eigenvalue weighted by molar-refractivity contribution is -0.138. The average Bonchev–Trinajstić information content (AvgIpc) is 2.88. The normalized spacial score (nSPS) is 20.6. The van der Waals surface area contributed by atoms with Crippen molar-refractivity contribution in [2.45, 2.75) is 71.6 Å². The van der Waals surface area contributed by atoms with Crippen LogP contribution in [0.1, 0.15) is 71.6 Å². The fraction of sp³-hybridized carbons (Fsp3) is 0.765. The van der Waals surface area contributed by atoms with Crippen LogP contribution < -0.4 is 0 Å². The van der Waals surface area contributed by atoms with Crippen molar-refractivity contribution in [3.8, 4) is 6.07 Å². The van der Waals surface area contributed by atoms with Crippen molar-refractivity contribution < 1.29 is 9.53 Å². The molecule has 0 heterocycles. The van der Waals surface area contributed by atoms with E-state index in [4.69, 9.17) is 4.74 Å². The zero-order valence-corrected chi connectivity index (χ0v) is 12.9. The van der Waals surface area contributed by atoms with Crippen molar-refractivity contribution >= 4 is 5.97 Å². The lowest BCUT2D eigenvalue weighted by atomic mass is 9.92. The number of rotatable bonds is 8. The molecule has 3 heteroatoms. The van der Waals surface area contributed by atoms with Crippen LogP contribution in [0, 0.1) is 17.2 Å². The second-order valence-electron chi connectivity index (χ2n) is 5.52. The first-order valence-corrected chi connectivity index (χ1v) is 8.04. The minimum Gasteiger partial charge on any atom is -0.462 e. The molecular formula is C17H27NO2. The number of unbranched alkanes of at least 4 members (excludes halogenated alkanes) is 4. The fourth-order valence-corrected chi connectivity index (χ4v) is 3.01. The molecule has 0 bridgehead atoms. The molecule has 20 heavy (non-hydrogen) atoms. The third kappa shape index (κ3) is 5.00. The van der Waals surface area contributed by atoms with Crippen LogP contribution in [-0.4, -0.2) is 12.6 Å². The van der Waals surface area contributed by atoms with Gasteiger partial charge in [-0.2, -0.15) is 5.26 Å². The molecule has 1 atom stereocenters. The number of hydrogen-bond donors (Lipinski definition) is 0. The Morgan fingerprint density at radius 2 is 2.05 bits per heavy atom. The molecule has 1 fully saturated rings. The summed E-state index contributed by atoms with van der Waals surface area (Å²) < 4.78 is 4.99. The Morgan fingerprint density at radius 1 is 1.30 bits per heavy atom. The van der Waals surface area contributed by atoms with Gasteiger partial charge in [-0.25, -0.2) is 4.79 Å². The van der Waals surface area contributed by atoms with Gasteiger partial charge in [-0.05, 0) is 44.1 Å². The van der Waals surface area contributed by atoms with Crippen LogP contribution >= 0.6 is 0 Å². The first-order valence-electron chi connectivity index (χ1n) is 8.04. The molecule has 1 aliphatic carbocycles. The van der Waals surface area contributed by atoms with Crippen LogP contribution in [-0.2, 0) is 9.53 Å². The van der Waals surface area contributed by atoms with Crippen molar-refractivity contribution in [1.82, 2.24) is 0 Å². The number of carbonyl (C=O) groups excluding carboxylic acids is 1. The summed E-state index contributed by atoms with van der Waals surface area (Å²) in [5.41, 5.74) is 1.34. The number of nitriles is 1. The molecule has 0 aromatic rings. The summed E-state index contributed by atoms with van der Waals surface area (Å²) in [7, 11) is 0. The van der Waals surface area contributed by atoms with Gasteiger partial charge in [0.05, 0.1) is 6.61 Å². The number of esters is 1. The van der Waals surface area contributed by atoms with Crippen molar-refractivity contribution in [2.75, 3.05) is 6.61 Å². The number of carbonyl (C=O) groups is 1. The summed E-state index contributed by atoms with van der Waals surface area (Å²) in [5, 5.41) is 9.23. The highest BCUT2D eigenvalue weighted by molar-refractivity contribution is 5.93. The van der Waals surface area contributed by atoms with Crippen molar-refractivity contribution in [3.05, 3.63) is 11.1 Å². The average molecular weight is 277 g/mol. The van der Waals surface area contributed by atoms with Crippen LogP contribution in [0.3, 0.4) is 0 Å². The van der Waals surface area contributed by atoms with E-state index in [0.29, 0.717) is 12.5 Å². The molecular weight excluding hydrogens is 250 g/mol. The minimum atomic E-state index is -0.428. The Morgan fingerprint density at radius 3 is 2.70 bits per heavy atom. The second-order valence-corrected chi connectivity index (χ2v) is 5.52. The third-order valence-corrected chi connectivity index (χ3v) is 4.06. The topological polar surface area (TPSA) is 50.1 Å². The van der Waals surface area contributed by atoms with E-state index in [0.717, 1.165) is 31.3 Å². The number of allylic oxidation sites excluding steroid dienone is 1. The highest BCUT2D eigenvalue weighted by atomic mass is 16.5. The largest absolute Gasteiger partial charge is 0.462 e. The van der Waals surface area contributed by atoms with E-state index in [2.05, 4.69) is 13.0 Å². The molecule has 0 aromatic carbocycles. The van der Waals surface area contributed by atoms with Crippen LogP contribution in [0.25, 0.3) is 0 Å². The quantitative estimate of drug-likeness (QED) is 0.283. The molecule has 1 saturated carbocycles. The van der Waals surface area contributed by atoms with Crippen LogP contribution in [0.2, 0.25) is 0 Å². The first kappa shape index (κ1) is 16.8. The Bertz CT molecular complexity index is 379. The molecule has 0 aliphatic heterocycles. The SMILES string of the molecule is CCCCCCCC1CCCC1=C(C#N)C(=O)OCC. The van der Waals surface area contributed by atoms with E-state index in [1.165, 1.54) is 32.1 Å². The molecule has 0 aromatic heterocycles. The van der Waals surface area contributed by atoms with Crippen LogP contribution in [0.5, 0.6) is 0 Å². The van der Waals surface area contributed by atoms with Crippen LogP contribution in [0.15, 0.2) is 11.1 Å². The first-order chi connectivity index (χ1) is 9.74. The number of nitrogens with zero attached hydrogens (tertiary/aromatic N) is 1. The molecule has 0 radical (unpaired) electrons. The summed E-state index contributed by atoms with van der Waals surface area (Å²) in [6.07, 6.45) is 10.5. The van der Waals surface area contributed by atoms with Gasteiger partial charge in [0.15, 0.2) is 0 Å². The lowest BCUT2D eigenvalue weighted by Gasteiger charge is -2.13. The summed E-state index contributed by atoms with van der Waals surface area (Å²) in [6.45, 7) is 4.33. The Hall–Kier alpha value is -1.30. The summed E-state index contributed by atoms with van der Waals surface area (Å²) >= 11 is 0. The summed E-state index contributed by atoms with van der Waals surface area (Å²) in [4.78, 5) is 11.8. The molecule has 0 saturated heterocycles. The van der Waals surface area contributed by atoms with Gasteiger partial charge in [0.2, 0.25) is 0 Å². The van der Waals surface area contributed by atoms with Gasteiger partial charge < -0.3 is 4.74 Å². The van der Waals surface area contributed by atoms with E-state index >= 15 is 0 Å². The smallest absolute Gasteiger partial charge is 0.348 e. The lowest BCUT2D eigenvalue weighted by Crippen LogP contribution is -2.11. The van der Waals surface area contributed by atoms with Gasteiger partial charge in [-0.1, -0.05) is 39.0 Å². The maximum absolute atomic E-state index is 11.8. The van der Waals surface area contributed by atoms with Gasteiger partial charge >= 0.3 is 5.97 Å². The highest BCUT2D eigenvalue weighted by Crippen LogP contribution is 2.37. The number of ether oxygens (including phenoxy) is 1. The van der Waals surface area contributed by atoms with Crippen molar-refractivity contribution in [1.29, 1.82) is 5.26 Å². The van der Waals surface area contributed by atoms with E-state index in [1.54, 1.807) is 6.92 Å². The Labute approximate surface area is 123 Å². The molecule has 3 nitrogen and oxygen atoms in total. The summed E-state index contributed by atoms with van der Waals surface area (Å²) in [6, 6.07) is 2.07. The van der Waals surface area contributed by atoms with E-state index in [1.807, 2.05) is 0 Å². The van der Waals surface area contributed by atoms with Crippen LogP contribution in [0.4, 0.5) is 0 Å². The Balaban J connectivity index is 2.58.